The lowest BCUT2D eigenvalue weighted by Gasteiger charge is -2.17. The van der Waals surface area contributed by atoms with E-state index in [2.05, 4.69) is 0 Å². The fraction of sp³-hybridized carbons (Fsp3) is 0.263. The number of hydrogen-bond donors (Lipinski definition) is 0. The Morgan fingerprint density at radius 3 is 2.43 bits per heavy atom. The van der Waals surface area contributed by atoms with Crippen molar-refractivity contribution in [1.29, 1.82) is 0 Å². The lowest BCUT2D eigenvalue weighted by atomic mass is 10.2. The lowest BCUT2D eigenvalue weighted by Crippen LogP contribution is -2.30. The molecule has 0 atom stereocenters. The Balaban J connectivity index is 1.98. The van der Waals surface area contributed by atoms with Gasteiger partial charge in [0.25, 0.3) is 11.6 Å². The zero-order chi connectivity index (χ0) is 20.7. The summed E-state index contributed by atoms with van der Waals surface area (Å²) in [4.78, 5) is 37.3. The van der Waals surface area contributed by atoms with Crippen LogP contribution in [0.3, 0.4) is 0 Å². The number of carbonyl (C=O) groups is 2. The van der Waals surface area contributed by atoms with Gasteiger partial charge in [-0.05, 0) is 30.0 Å². The Hall–Kier alpha value is -3.07. The minimum absolute atomic E-state index is 0.111. The SMILES string of the molecule is COc1ccc([N+](=O)[O-])cc1C(=O)OCC(=O)N(C)Cc1ccc(SC)cc1. The molecule has 0 saturated carbocycles. The molecule has 0 spiro atoms. The molecule has 0 heterocycles. The van der Waals surface area contributed by atoms with E-state index < -0.39 is 23.4 Å². The summed E-state index contributed by atoms with van der Waals surface area (Å²) in [5.41, 5.74) is 0.560. The lowest BCUT2D eigenvalue weighted by molar-refractivity contribution is -0.384. The van der Waals surface area contributed by atoms with Crippen LogP contribution in [0.15, 0.2) is 47.4 Å². The topological polar surface area (TPSA) is 99.0 Å². The molecule has 0 bridgehead atoms. The Morgan fingerprint density at radius 1 is 1.18 bits per heavy atom. The van der Waals surface area contributed by atoms with Crippen LogP contribution in [0.4, 0.5) is 5.69 Å². The van der Waals surface area contributed by atoms with E-state index in [1.54, 1.807) is 18.8 Å². The van der Waals surface area contributed by atoms with Gasteiger partial charge in [0.2, 0.25) is 0 Å². The van der Waals surface area contributed by atoms with Gasteiger partial charge in [0.1, 0.15) is 11.3 Å². The molecule has 0 saturated heterocycles. The van der Waals surface area contributed by atoms with Gasteiger partial charge in [0.05, 0.1) is 12.0 Å². The third-order valence-corrected chi connectivity index (χ3v) is 4.69. The number of carbonyl (C=O) groups excluding carboxylic acids is 2. The number of non-ortho nitro benzene ring substituents is 1. The molecular weight excluding hydrogens is 384 g/mol. The monoisotopic (exact) mass is 404 g/mol. The number of nitro groups is 1. The number of likely N-dealkylation sites (N-methyl/N-ethyl adjacent to an activating group) is 1. The van der Waals surface area contributed by atoms with Crippen molar-refractivity contribution in [3.63, 3.8) is 0 Å². The van der Waals surface area contributed by atoms with Crippen LogP contribution in [0.5, 0.6) is 5.75 Å². The van der Waals surface area contributed by atoms with Gasteiger partial charge >= 0.3 is 5.97 Å². The Kier molecular flexibility index (Phi) is 7.39. The molecule has 28 heavy (non-hydrogen) atoms. The molecule has 8 nitrogen and oxygen atoms in total. The first-order chi connectivity index (χ1) is 13.3. The first kappa shape index (κ1) is 21.2. The maximum absolute atomic E-state index is 12.3. The van der Waals surface area contributed by atoms with Gasteiger partial charge in [-0.3, -0.25) is 14.9 Å². The average molecular weight is 404 g/mol. The summed E-state index contributed by atoms with van der Waals surface area (Å²) in [7, 11) is 2.94. The average Bonchev–Trinajstić information content (AvgIpc) is 2.71. The second-order valence-electron chi connectivity index (χ2n) is 5.82. The molecule has 0 unspecified atom stereocenters. The number of thioether (sulfide) groups is 1. The molecule has 0 radical (unpaired) electrons. The van der Waals surface area contributed by atoms with Crippen molar-refractivity contribution < 1.29 is 24.0 Å². The predicted octanol–water partition coefficient (Wildman–Crippen LogP) is 3.14. The minimum Gasteiger partial charge on any atom is -0.496 e. The summed E-state index contributed by atoms with van der Waals surface area (Å²) in [5, 5.41) is 10.9. The van der Waals surface area contributed by atoms with E-state index in [0.717, 1.165) is 16.5 Å². The van der Waals surface area contributed by atoms with Crippen LogP contribution < -0.4 is 4.74 Å². The maximum atomic E-state index is 12.3. The highest BCUT2D eigenvalue weighted by molar-refractivity contribution is 7.98. The molecule has 2 aromatic carbocycles. The smallest absolute Gasteiger partial charge is 0.342 e. The number of hydrogen-bond acceptors (Lipinski definition) is 7. The summed E-state index contributed by atoms with van der Waals surface area (Å²) in [6.07, 6.45) is 1.98. The third kappa shape index (κ3) is 5.46. The number of rotatable bonds is 8. The molecule has 2 rings (SSSR count). The highest BCUT2D eigenvalue weighted by Gasteiger charge is 2.20. The summed E-state index contributed by atoms with van der Waals surface area (Å²) >= 11 is 1.63. The van der Waals surface area contributed by atoms with Crippen LogP contribution in [-0.2, 0) is 16.1 Å². The van der Waals surface area contributed by atoms with E-state index >= 15 is 0 Å². The fourth-order valence-corrected chi connectivity index (χ4v) is 2.79. The number of nitrogens with zero attached hydrogens (tertiary/aromatic N) is 2. The first-order valence-corrected chi connectivity index (χ1v) is 9.44. The summed E-state index contributed by atoms with van der Waals surface area (Å²) < 4.78 is 10.1. The van der Waals surface area contributed by atoms with Crippen LogP contribution >= 0.6 is 11.8 Å². The minimum atomic E-state index is -0.869. The molecule has 1 amide bonds. The number of benzene rings is 2. The van der Waals surface area contributed by atoms with Gasteiger partial charge in [-0.1, -0.05) is 12.1 Å². The van der Waals surface area contributed by atoms with E-state index in [0.29, 0.717) is 6.54 Å². The molecule has 0 aliphatic carbocycles. The number of methoxy groups -OCH3 is 1. The number of ether oxygens (including phenoxy) is 2. The van der Waals surface area contributed by atoms with E-state index in [-0.39, 0.29) is 17.0 Å². The fourth-order valence-electron chi connectivity index (χ4n) is 2.38. The molecule has 0 N–H and O–H groups in total. The summed E-state index contributed by atoms with van der Waals surface area (Å²) in [6.45, 7) is -0.116. The van der Waals surface area contributed by atoms with Gasteiger partial charge in [-0.15, -0.1) is 11.8 Å². The molecule has 2 aromatic rings. The highest BCUT2D eigenvalue weighted by Crippen LogP contribution is 2.24. The van der Waals surface area contributed by atoms with Crippen molar-refractivity contribution in [2.45, 2.75) is 11.4 Å². The predicted molar refractivity (Wildman–Crippen MR) is 105 cm³/mol. The molecule has 0 aliphatic heterocycles. The Morgan fingerprint density at radius 2 is 1.86 bits per heavy atom. The van der Waals surface area contributed by atoms with Gasteiger partial charge in [0, 0.05) is 30.6 Å². The highest BCUT2D eigenvalue weighted by atomic mass is 32.2. The third-order valence-electron chi connectivity index (χ3n) is 3.95. The van der Waals surface area contributed by atoms with E-state index in [1.165, 1.54) is 24.1 Å². The Bertz CT molecular complexity index is 869. The van der Waals surface area contributed by atoms with Crippen molar-refractivity contribution >= 4 is 29.3 Å². The number of nitro benzene ring substituents is 1. The van der Waals surface area contributed by atoms with E-state index in [1.807, 2.05) is 30.5 Å². The molecule has 9 heteroatoms. The second kappa shape index (κ2) is 9.75. The van der Waals surface area contributed by atoms with E-state index in [9.17, 15) is 19.7 Å². The van der Waals surface area contributed by atoms with Gasteiger partial charge in [-0.25, -0.2) is 4.79 Å². The van der Waals surface area contributed by atoms with Crippen LogP contribution in [0.1, 0.15) is 15.9 Å². The van der Waals surface area contributed by atoms with Crippen molar-refractivity contribution in [2.75, 3.05) is 27.0 Å². The molecule has 0 aromatic heterocycles. The van der Waals surface area contributed by atoms with Crippen LogP contribution in [0, 0.1) is 10.1 Å². The van der Waals surface area contributed by atoms with Crippen molar-refractivity contribution in [3.05, 3.63) is 63.7 Å². The summed E-state index contributed by atoms with van der Waals surface area (Å²) in [6, 6.07) is 11.4. The first-order valence-electron chi connectivity index (χ1n) is 8.22. The van der Waals surface area contributed by atoms with Crippen LogP contribution in [0.25, 0.3) is 0 Å². The van der Waals surface area contributed by atoms with Crippen LogP contribution in [0.2, 0.25) is 0 Å². The standard InChI is InChI=1S/C19H20N2O6S/c1-20(11-13-4-7-15(28-3)8-5-13)18(22)12-27-19(23)16-10-14(21(24)25)6-9-17(16)26-2/h4-10H,11-12H2,1-3H3. The van der Waals surface area contributed by atoms with Gasteiger partial charge in [0.15, 0.2) is 6.61 Å². The number of amides is 1. The zero-order valence-corrected chi connectivity index (χ0v) is 16.5. The largest absolute Gasteiger partial charge is 0.496 e. The molecule has 0 aliphatic rings. The van der Waals surface area contributed by atoms with Gasteiger partial charge in [-0.2, -0.15) is 0 Å². The molecular formula is C19H20N2O6S. The second-order valence-corrected chi connectivity index (χ2v) is 6.70. The van der Waals surface area contributed by atoms with Crippen molar-refractivity contribution in [2.24, 2.45) is 0 Å². The quantitative estimate of drug-likeness (QED) is 0.288. The van der Waals surface area contributed by atoms with Gasteiger partial charge < -0.3 is 14.4 Å². The zero-order valence-electron chi connectivity index (χ0n) is 15.7. The maximum Gasteiger partial charge on any atom is 0.342 e. The van der Waals surface area contributed by atoms with Crippen LogP contribution in [-0.4, -0.2) is 48.7 Å². The molecule has 148 valence electrons. The normalized spacial score (nSPS) is 10.2. The van der Waals surface area contributed by atoms with Crippen molar-refractivity contribution in [3.8, 4) is 5.75 Å². The number of esters is 1. The Labute approximate surface area is 166 Å². The summed E-state index contributed by atoms with van der Waals surface area (Å²) in [5.74, 6) is -1.14. The van der Waals surface area contributed by atoms with Crippen molar-refractivity contribution in [1.82, 2.24) is 4.90 Å². The molecule has 0 fully saturated rings. The van der Waals surface area contributed by atoms with E-state index in [4.69, 9.17) is 9.47 Å².